The maximum absolute atomic E-state index is 13.4. The third kappa shape index (κ3) is 3.09. The number of amides is 1. The van der Waals surface area contributed by atoms with Gasteiger partial charge < -0.3 is 4.57 Å². The lowest BCUT2D eigenvalue weighted by atomic mass is 10.2. The first-order valence-electron chi connectivity index (χ1n) is 7.15. The summed E-state index contributed by atoms with van der Waals surface area (Å²) in [5.41, 5.74) is 1.48. The average Bonchev–Trinajstić information content (AvgIpc) is 2.90. The minimum atomic E-state index is -0.285. The van der Waals surface area contributed by atoms with E-state index in [4.69, 9.17) is 0 Å². The van der Waals surface area contributed by atoms with E-state index in [0.29, 0.717) is 16.9 Å². The molecule has 2 aromatic carbocycles. The molecule has 0 N–H and O–H groups in total. The lowest BCUT2D eigenvalue weighted by Gasteiger charge is -2.03. The monoisotopic (exact) mass is 346 g/mol. The minimum absolute atomic E-state index is 0.274. The Labute approximate surface area is 141 Å². The lowest BCUT2D eigenvalue weighted by molar-refractivity contribution is 0.0995. The molecule has 0 aliphatic carbocycles. The van der Waals surface area contributed by atoms with Crippen LogP contribution in [0.15, 0.2) is 52.4 Å². The number of hydrogen-bond donors (Lipinski definition) is 0. The van der Waals surface area contributed by atoms with Crippen molar-refractivity contribution in [1.82, 2.24) is 4.57 Å². The number of hydrogen-bond acceptors (Lipinski definition) is 3. The van der Waals surface area contributed by atoms with Gasteiger partial charge in [-0.1, -0.05) is 23.5 Å². The fourth-order valence-corrected chi connectivity index (χ4v) is 4.11. The van der Waals surface area contributed by atoms with Crippen LogP contribution in [0.25, 0.3) is 10.2 Å². The highest BCUT2D eigenvalue weighted by molar-refractivity contribution is 7.98. The SMILES string of the molecule is CCn1c(=NC(=O)c2ccccc2SC)sc2cc(F)ccc21. The van der Waals surface area contributed by atoms with E-state index in [0.717, 1.165) is 15.1 Å². The second-order valence-electron chi connectivity index (χ2n) is 4.86. The summed E-state index contributed by atoms with van der Waals surface area (Å²) in [4.78, 5) is 18.3. The summed E-state index contributed by atoms with van der Waals surface area (Å²) in [6, 6.07) is 12.0. The van der Waals surface area contributed by atoms with E-state index < -0.39 is 0 Å². The van der Waals surface area contributed by atoms with Crippen LogP contribution in [-0.2, 0) is 6.54 Å². The van der Waals surface area contributed by atoms with Crippen molar-refractivity contribution in [2.45, 2.75) is 18.4 Å². The molecule has 0 aliphatic heterocycles. The van der Waals surface area contributed by atoms with Crippen LogP contribution >= 0.6 is 23.1 Å². The van der Waals surface area contributed by atoms with Gasteiger partial charge in [0.1, 0.15) is 5.82 Å². The van der Waals surface area contributed by atoms with Crippen molar-refractivity contribution >= 4 is 39.2 Å². The normalized spacial score (nSPS) is 12.0. The second kappa shape index (κ2) is 6.68. The summed E-state index contributed by atoms with van der Waals surface area (Å²) in [5.74, 6) is -0.559. The summed E-state index contributed by atoms with van der Waals surface area (Å²) in [7, 11) is 0. The molecule has 0 atom stereocenters. The van der Waals surface area contributed by atoms with E-state index in [-0.39, 0.29) is 11.7 Å². The van der Waals surface area contributed by atoms with Crippen LogP contribution in [0, 0.1) is 5.82 Å². The van der Waals surface area contributed by atoms with Crippen LogP contribution < -0.4 is 4.80 Å². The molecule has 118 valence electrons. The van der Waals surface area contributed by atoms with Crippen molar-refractivity contribution in [3.63, 3.8) is 0 Å². The second-order valence-corrected chi connectivity index (χ2v) is 6.72. The fraction of sp³-hybridized carbons (Fsp3) is 0.176. The Balaban J connectivity index is 2.15. The molecule has 0 unspecified atom stereocenters. The highest BCUT2D eigenvalue weighted by atomic mass is 32.2. The van der Waals surface area contributed by atoms with Crippen LogP contribution in [0.4, 0.5) is 4.39 Å². The third-order valence-electron chi connectivity index (χ3n) is 3.50. The number of thioether (sulfide) groups is 1. The number of rotatable bonds is 3. The molecule has 6 heteroatoms. The van der Waals surface area contributed by atoms with Gasteiger partial charge in [0.2, 0.25) is 0 Å². The Hall–Kier alpha value is -1.92. The summed E-state index contributed by atoms with van der Waals surface area (Å²) in [6.45, 7) is 2.65. The average molecular weight is 346 g/mol. The molecule has 1 amide bonds. The summed E-state index contributed by atoms with van der Waals surface area (Å²) < 4.78 is 16.1. The molecule has 0 saturated carbocycles. The van der Waals surface area contributed by atoms with Gasteiger partial charge in [-0.3, -0.25) is 4.79 Å². The molecule has 3 aromatic rings. The van der Waals surface area contributed by atoms with E-state index >= 15 is 0 Å². The molecule has 23 heavy (non-hydrogen) atoms. The summed E-state index contributed by atoms with van der Waals surface area (Å²) in [6.07, 6.45) is 1.93. The van der Waals surface area contributed by atoms with Crippen LogP contribution in [0.3, 0.4) is 0 Å². The zero-order valence-electron chi connectivity index (χ0n) is 12.7. The maximum atomic E-state index is 13.4. The van der Waals surface area contributed by atoms with Gasteiger partial charge in [-0.05, 0) is 43.5 Å². The minimum Gasteiger partial charge on any atom is -0.317 e. The number of benzene rings is 2. The Kier molecular flexibility index (Phi) is 4.63. The topological polar surface area (TPSA) is 34.4 Å². The fourth-order valence-electron chi connectivity index (χ4n) is 2.41. The number of aromatic nitrogens is 1. The highest BCUT2D eigenvalue weighted by Crippen LogP contribution is 2.21. The van der Waals surface area contributed by atoms with Crippen LogP contribution in [0.1, 0.15) is 17.3 Å². The van der Waals surface area contributed by atoms with Crippen LogP contribution in [-0.4, -0.2) is 16.7 Å². The molecule has 1 heterocycles. The largest absolute Gasteiger partial charge is 0.317 e. The van der Waals surface area contributed by atoms with Crippen molar-refractivity contribution in [2.24, 2.45) is 4.99 Å². The molecular formula is C17H15FN2OS2. The van der Waals surface area contributed by atoms with E-state index in [1.165, 1.54) is 35.2 Å². The first-order chi connectivity index (χ1) is 11.1. The number of aryl methyl sites for hydroxylation is 1. The Morgan fingerprint density at radius 1 is 1.30 bits per heavy atom. The van der Waals surface area contributed by atoms with Crippen molar-refractivity contribution < 1.29 is 9.18 Å². The van der Waals surface area contributed by atoms with E-state index in [2.05, 4.69) is 4.99 Å². The van der Waals surface area contributed by atoms with Gasteiger partial charge in [0, 0.05) is 11.4 Å². The van der Waals surface area contributed by atoms with Gasteiger partial charge in [0.25, 0.3) is 5.91 Å². The van der Waals surface area contributed by atoms with Gasteiger partial charge in [-0.15, -0.1) is 11.8 Å². The predicted molar refractivity (Wildman–Crippen MR) is 93.6 cm³/mol. The van der Waals surface area contributed by atoms with E-state index in [1.807, 2.05) is 35.9 Å². The number of fused-ring (bicyclic) bond motifs is 1. The molecule has 1 aromatic heterocycles. The number of halogens is 1. The number of nitrogens with zero attached hydrogens (tertiary/aromatic N) is 2. The summed E-state index contributed by atoms with van der Waals surface area (Å²) >= 11 is 2.85. The first kappa shape index (κ1) is 16.0. The van der Waals surface area contributed by atoms with E-state index in [1.54, 1.807) is 12.1 Å². The first-order valence-corrected chi connectivity index (χ1v) is 9.19. The van der Waals surface area contributed by atoms with Crippen molar-refractivity contribution in [2.75, 3.05) is 6.26 Å². The maximum Gasteiger partial charge on any atom is 0.280 e. The standard InChI is InChI=1S/C17H15FN2OS2/c1-3-20-13-9-8-11(18)10-15(13)23-17(20)19-16(21)12-6-4-5-7-14(12)22-2/h4-10H,3H2,1-2H3. The Bertz CT molecular complexity index is 943. The van der Waals surface area contributed by atoms with E-state index in [9.17, 15) is 9.18 Å². The number of thiazole rings is 1. The van der Waals surface area contributed by atoms with Gasteiger partial charge in [0.15, 0.2) is 4.80 Å². The van der Waals surface area contributed by atoms with Gasteiger partial charge in [0.05, 0.1) is 15.8 Å². The molecule has 0 saturated heterocycles. The predicted octanol–water partition coefficient (Wildman–Crippen LogP) is 4.32. The number of carbonyl (C=O) groups excluding carboxylic acids is 1. The molecule has 0 radical (unpaired) electrons. The molecular weight excluding hydrogens is 331 g/mol. The van der Waals surface area contributed by atoms with Crippen molar-refractivity contribution in [3.8, 4) is 0 Å². The third-order valence-corrected chi connectivity index (χ3v) is 5.33. The Morgan fingerprint density at radius 2 is 2.09 bits per heavy atom. The van der Waals surface area contributed by atoms with Crippen LogP contribution in [0.5, 0.6) is 0 Å². The van der Waals surface area contributed by atoms with Crippen molar-refractivity contribution in [3.05, 3.63) is 58.6 Å². The summed E-state index contributed by atoms with van der Waals surface area (Å²) in [5, 5.41) is 0. The number of carbonyl (C=O) groups is 1. The molecule has 3 nitrogen and oxygen atoms in total. The zero-order chi connectivity index (χ0) is 16.4. The molecule has 0 aliphatic rings. The molecule has 0 spiro atoms. The van der Waals surface area contributed by atoms with Crippen molar-refractivity contribution in [1.29, 1.82) is 0 Å². The molecule has 0 bridgehead atoms. The zero-order valence-corrected chi connectivity index (χ0v) is 14.4. The smallest absolute Gasteiger partial charge is 0.280 e. The van der Waals surface area contributed by atoms with Gasteiger partial charge >= 0.3 is 0 Å². The van der Waals surface area contributed by atoms with Gasteiger partial charge in [-0.2, -0.15) is 4.99 Å². The highest BCUT2D eigenvalue weighted by Gasteiger charge is 2.11. The van der Waals surface area contributed by atoms with Crippen LogP contribution in [0.2, 0.25) is 0 Å². The molecule has 3 rings (SSSR count). The Morgan fingerprint density at radius 3 is 2.83 bits per heavy atom. The quantitative estimate of drug-likeness (QED) is 0.662. The lowest BCUT2D eigenvalue weighted by Crippen LogP contribution is -2.16. The van der Waals surface area contributed by atoms with Gasteiger partial charge in [-0.25, -0.2) is 4.39 Å². The molecule has 0 fully saturated rings.